The Balaban J connectivity index is 1.91. The summed E-state index contributed by atoms with van der Waals surface area (Å²) in [6, 6.07) is 2.56. The van der Waals surface area contributed by atoms with Crippen molar-refractivity contribution in [2.45, 2.75) is 45.6 Å². The van der Waals surface area contributed by atoms with Crippen molar-refractivity contribution in [3.05, 3.63) is 23.2 Å². The quantitative estimate of drug-likeness (QED) is 0.788. The van der Waals surface area contributed by atoms with E-state index in [4.69, 9.17) is 11.6 Å². The molecule has 2 heterocycles. The molecule has 4 heteroatoms. The fourth-order valence-electron chi connectivity index (χ4n) is 2.69. The summed E-state index contributed by atoms with van der Waals surface area (Å²) in [7, 11) is 0. The van der Waals surface area contributed by atoms with Crippen LogP contribution in [0.3, 0.4) is 0 Å². The van der Waals surface area contributed by atoms with Crippen molar-refractivity contribution >= 4 is 11.6 Å². The van der Waals surface area contributed by atoms with Crippen molar-refractivity contribution in [3.63, 3.8) is 0 Å². The van der Waals surface area contributed by atoms with Gasteiger partial charge in [0.25, 0.3) is 0 Å². The second kappa shape index (κ2) is 6.48. The molecule has 2 rings (SSSR count). The van der Waals surface area contributed by atoms with E-state index in [1.54, 1.807) is 6.33 Å². The normalized spacial score (nSPS) is 22.1. The molecule has 1 aliphatic rings. The highest BCUT2D eigenvalue weighted by molar-refractivity contribution is 6.29. The van der Waals surface area contributed by atoms with Crippen LogP contribution < -0.4 is 0 Å². The highest BCUT2D eigenvalue weighted by Gasteiger charge is 2.19. The molecule has 18 heavy (non-hydrogen) atoms. The first-order valence-electron chi connectivity index (χ1n) is 6.85. The maximum atomic E-state index is 5.90. The zero-order valence-electron chi connectivity index (χ0n) is 11.3. The summed E-state index contributed by atoms with van der Waals surface area (Å²) in [4.78, 5) is 10.8. The van der Waals surface area contributed by atoms with E-state index in [1.807, 2.05) is 6.07 Å². The van der Waals surface area contributed by atoms with Crippen LogP contribution in [-0.4, -0.2) is 34.0 Å². The third-order valence-electron chi connectivity index (χ3n) is 3.80. The van der Waals surface area contributed by atoms with E-state index in [0.717, 1.165) is 18.0 Å². The van der Waals surface area contributed by atoms with Crippen LogP contribution in [0.5, 0.6) is 0 Å². The minimum absolute atomic E-state index is 0.553. The van der Waals surface area contributed by atoms with Gasteiger partial charge in [0.15, 0.2) is 0 Å². The molecule has 1 saturated heterocycles. The maximum absolute atomic E-state index is 5.90. The second-order valence-electron chi connectivity index (χ2n) is 5.46. The van der Waals surface area contributed by atoms with E-state index in [2.05, 4.69) is 28.7 Å². The molecule has 0 spiro atoms. The molecular weight excluding hydrogens is 246 g/mol. The van der Waals surface area contributed by atoms with Crippen LogP contribution in [-0.2, 0) is 6.42 Å². The summed E-state index contributed by atoms with van der Waals surface area (Å²) in [5, 5.41) is 0.553. The van der Waals surface area contributed by atoms with Crippen molar-refractivity contribution in [2.24, 2.45) is 5.92 Å². The van der Waals surface area contributed by atoms with Gasteiger partial charge in [-0.1, -0.05) is 11.6 Å². The molecule has 100 valence electrons. The van der Waals surface area contributed by atoms with Gasteiger partial charge in [-0.3, -0.25) is 0 Å². The smallest absolute Gasteiger partial charge is 0.132 e. The van der Waals surface area contributed by atoms with Crippen molar-refractivity contribution in [3.8, 4) is 0 Å². The minimum atomic E-state index is 0.553. The molecule has 0 bridgehead atoms. The number of hydrogen-bond acceptors (Lipinski definition) is 3. The molecule has 0 aromatic carbocycles. The average molecular weight is 268 g/mol. The lowest BCUT2D eigenvalue weighted by Crippen LogP contribution is -2.31. The number of likely N-dealkylation sites (tertiary alicyclic amines) is 1. The van der Waals surface area contributed by atoms with E-state index in [-0.39, 0.29) is 0 Å². The van der Waals surface area contributed by atoms with Gasteiger partial charge in [-0.15, -0.1) is 0 Å². The van der Waals surface area contributed by atoms with Crippen LogP contribution in [0.25, 0.3) is 0 Å². The Morgan fingerprint density at radius 2 is 2.17 bits per heavy atom. The van der Waals surface area contributed by atoms with Gasteiger partial charge in [0.05, 0.1) is 0 Å². The zero-order valence-corrected chi connectivity index (χ0v) is 12.0. The predicted octanol–water partition coefficient (Wildman–Crippen LogP) is 3.18. The lowest BCUT2D eigenvalue weighted by Gasteiger charge is -2.24. The summed E-state index contributed by atoms with van der Waals surface area (Å²) >= 11 is 5.90. The third-order valence-corrected chi connectivity index (χ3v) is 4.01. The Kier molecular flexibility index (Phi) is 4.95. The SMILES string of the molecule is CC(C)N1CCCC(Cc2cc(Cl)ncn2)CC1. The topological polar surface area (TPSA) is 29.0 Å². The summed E-state index contributed by atoms with van der Waals surface area (Å²) < 4.78 is 0. The number of nitrogens with zero attached hydrogens (tertiary/aromatic N) is 3. The first kappa shape index (κ1) is 13.8. The number of halogens is 1. The molecule has 1 aliphatic heterocycles. The van der Waals surface area contributed by atoms with Gasteiger partial charge >= 0.3 is 0 Å². The highest BCUT2D eigenvalue weighted by Crippen LogP contribution is 2.22. The molecule has 0 amide bonds. The van der Waals surface area contributed by atoms with Crippen LogP contribution in [0.4, 0.5) is 0 Å². The number of rotatable bonds is 3. The molecule has 0 N–H and O–H groups in total. The van der Waals surface area contributed by atoms with E-state index in [9.17, 15) is 0 Å². The number of aromatic nitrogens is 2. The van der Waals surface area contributed by atoms with Crippen molar-refractivity contribution in [2.75, 3.05) is 13.1 Å². The van der Waals surface area contributed by atoms with Crippen LogP contribution >= 0.6 is 11.6 Å². The van der Waals surface area contributed by atoms with Crippen molar-refractivity contribution in [1.29, 1.82) is 0 Å². The van der Waals surface area contributed by atoms with Gasteiger partial charge in [-0.2, -0.15) is 0 Å². The summed E-state index contributed by atoms with van der Waals surface area (Å²) in [5.74, 6) is 0.736. The molecule has 1 atom stereocenters. The second-order valence-corrected chi connectivity index (χ2v) is 5.85. The van der Waals surface area contributed by atoms with Gasteiger partial charge in [0.2, 0.25) is 0 Å². The molecule has 3 nitrogen and oxygen atoms in total. The number of hydrogen-bond donors (Lipinski definition) is 0. The van der Waals surface area contributed by atoms with E-state index in [1.165, 1.54) is 32.4 Å². The Morgan fingerprint density at radius 3 is 2.89 bits per heavy atom. The molecule has 1 aromatic heterocycles. The minimum Gasteiger partial charge on any atom is -0.301 e. The monoisotopic (exact) mass is 267 g/mol. The van der Waals surface area contributed by atoms with Crippen molar-refractivity contribution in [1.82, 2.24) is 14.9 Å². The Hall–Kier alpha value is -0.670. The van der Waals surface area contributed by atoms with Gasteiger partial charge < -0.3 is 4.90 Å². The third kappa shape index (κ3) is 3.92. The summed E-state index contributed by atoms with van der Waals surface area (Å²) in [5.41, 5.74) is 1.08. The van der Waals surface area contributed by atoms with Gasteiger partial charge in [0.1, 0.15) is 11.5 Å². The fourth-order valence-corrected chi connectivity index (χ4v) is 2.86. The first-order valence-corrected chi connectivity index (χ1v) is 7.23. The van der Waals surface area contributed by atoms with Crippen LogP contribution in [0.1, 0.15) is 38.8 Å². The maximum Gasteiger partial charge on any atom is 0.132 e. The molecule has 1 aromatic rings. The molecule has 0 saturated carbocycles. The highest BCUT2D eigenvalue weighted by atomic mass is 35.5. The lowest BCUT2D eigenvalue weighted by atomic mass is 9.95. The van der Waals surface area contributed by atoms with E-state index in [0.29, 0.717) is 11.2 Å². The summed E-state index contributed by atoms with van der Waals surface area (Å²) in [6.45, 7) is 7.01. The standard InChI is InChI=1S/C14H22ClN3/c1-11(2)18-6-3-4-12(5-7-18)8-13-9-14(15)17-10-16-13/h9-12H,3-8H2,1-2H3. The van der Waals surface area contributed by atoms with Crippen molar-refractivity contribution < 1.29 is 0 Å². The van der Waals surface area contributed by atoms with E-state index >= 15 is 0 Å². The fraction of sp³-hybridized carbons (Fsp3) is 0.714. The molecule has 1 fully saturated rings. The average Bonchev–Trinajstić information content (AvgIpc) is 2.55. The first-order chi connectivity index (χ1) is 8.65. The molecule has 1 unspecified atom stereocenters. The molecule has 0 aliphatic carbocycles. The lowest BCUT2D eigenvalue weighted by molar-refractivity contribution is 0.228. The Labute approximate surface area is 115 Å². The predicted molar refractivity (Wildman–Crippen MR) is 74.8 cm³/mol. The summed E-state index contributed by atoms with van der Waals surface area (Å²) in [6.07, 6.45) is 6.45. The van der Waals surface area contributed by atoms with Gasteiger partial charge in [-0.25, -0.2) is 9.97 Å². The Bertz CT molecular complexity index is 381. The molecule has 0 radical (unpaired) electrons. The largest absolute Gasteiger partial charge is 0.301 e. The van der Waals surface area contributed by atoms with E-state index < -0.39 is 0 Å². The van der Waals surface area contributed by atoms with Crippen LogP contribution in [0.2, 0.25) is 5.15 Å². The van der Waals surface area contributed by atoms with Gasteiger partial charge in [-0.05, 0) is 64.6 Å². The Morgan fingerprint density at radius 1 is 1.33 bits per heavy atom. The van der Waals surface area contributed by atoms with Gasteiger partial charge in [0, 0.05) is 11.7 Å². The zero-order chi connectivity index (χ0) is 13.0. The van der Waals surface area contributed by atoms with Crippen LogP contribution in [0.15, 0.2) is 12.4 Å². The molecular formula is C14H22ClN3. The van der Waals surface area contributed by atoms with Crippen LogP contribution in [0, 0.1) is 5.92 Å².